The van der Waals surface area contributed by atoms with E-state index in [0.29, 0.717) is 0 Å². The summed E-state index contributed by atoms with van der Waals surface area (Å²) in [6.07, 6.45) is 4.14. The van der Waals surface area contributed by atoms with Gasteiger partial charge in [0.1, 0.15) is 17.3 Å². The predicted molar refractivity (Wildman–Crippen MR) is 226 cm³/mol. The standard InChI is InChI=1S/C52H35N3O/c1-3-12-34(13-4-1)35-21-25-37(26-22-35)46-33-47(55-51(54-46)39-14-5-2-6-15-39)38-27-23-36(24-28-38)40-29-30-41-45(32-40)52(44-18-11-31-53-50(41)44)42-16-7-9-19-48(42)56-49-20-10-8-17-43(49)52/h1-33,46H,(H,54,55). The first-order valence-corrected chi connectivity index (χ1v) is 19.1. The summed E-state index contributed by atoms with van der Waals surface area (Å²) in [5, 5.41) is 3.68. The lowest BCUT2D eigenvalue weighted by molar-refractivity contribution is 0.436. The van der Waals surface area contributed by atoms with Crippen molar-refractivity contribution in [2.45, 2.75) is 11.5 Å². The van der Waals surface area contributed by atoms with Crippen molar-refractivity contribution in [3.05, 3.63) is 239 Å². The molecule has 1 spiro atoms. The highest BCUT2D eigenvalue weighted by atomic mass is 16.5. The molecule has 7 aromatic carbocycles. The number of amidine groups is 1. The molecule has 4 heteroatoms. The van der Waals surface area contributed by atoms with E-state index in [2.05, 4.69) is 181 Å². The molecule has 0 amide bonds. The molecule has 4 nitrogen and oxygen atoms in total. The van der Waals surface area contributed by atoms with E-state index in [0.717, 1.165) is 73.2 Å². The highest BCUT2D eigenvalue weighted by molar-refractivity contribution is 6.05. The molecule has 2 aliphatic heterocycles. The Bertz CT molecular complexity index is 2800. The summed E-state index contributed by atoms with van der Waals surface area (Å²) in [7, 11) is 0. The van der Waals surface area contributed by atoms with Gasteiger partial charge in [-0.1, -0.05) is 164 Å². The Morgan fingerprint density at radius 1 is 0.464 bits per heavy atom. The molecule has 8 aromatic rings. The van der Waals surface area contributed by atoms with Crippen molar-refractivity contribution in [1.29, 1.82) is 0 Å². The number of pyridine rings is 1. The van der Waals surface area contributed by atoms with Crippen LogP contribution in [0.15, 0.2) is 205 Å². The number of benzene rings is 7. The molecule has 0 saturated heterocycles. The number of hydrogen-bond acceptors (Lipinski definition) is 4. The minimum Gasteiger partial charge on any atom is -0.457 e. The predicted octanol–water partition coefficient (Wildman–Crippen LogP) is 12.0. The first-order valence-electron chi connectivity index (χ1n) is 19.1. The number of nitrogens with zero attached hydrogens (tertiary/aromatic N) is 2. The van der Waals surface area contributed by atoms with Gasteiger partial charge in [0.05, 0.1) is 17.2 Å². The number of para-hydroxylation sites is 2. The first-order chi connectivity index (χ1) is 27.7. The molecular weight excluding hydrogens is 683 g/mol. The third kappa shape index (κ3) is 5.07. The van der Waals surface area contributed by atoms with Crippen molar-refractivity contribution in [2.24, 2.45) is 4.99 Å². The molecule has 1 atom stereocenters. The van der Waals surface area contributed by atoms with E-state index in [1.165, 1.54) is 22.3 Å². The lowest BCUT2D eigenvalue weighted by Gasteiger charge is -2.39. The van der Waals surface area contributed by atoms with E-state index in [-0.39, 0.29) is 6.04 Å². The Morgan fingerprint density at radius 3 is 1.73 bits per heavy atom. The summed E-state index contributed by atoms with van der Waals surface area (Å²) < 4.78 is 6.53. The minimum absolute atomic E-state index is 0.140. The first kappa shape index (κ1) is 32.2. The van der Waals surface area contributed by atoms with Crippen LogP contribution in [0, 0.1) is 0 Å². The fourth-order valence-corrected chi connectivity index (χ4v) is 8.85. The van der Waals surface area contributed by atoms with Crippen molar-refractivity contribution in [2.75, 3.05) is 0 Å². The van der Waals surface area contributed by atoms with Crippen LogP contribution in [-0.4, -0.2) is 10.8 Å². The third-order valence-electron chi connectivity index (χ3n) is 11.5. The van der Waals surface area contributed by atoms with Gasteiger partial charge in [0, 0.05) is 34.1 Å². The van der Waals surface area contributed by atoms with E-state index in [1.54, 1.807) is 0 Å². The number of ether oxygens (including phenoxy) is 1. The molecule has 1 aromatic heterocycles. The zero-order valence-electron chi connectivity index (χ0n) is 30.4. The molecule has 1 N–H and O–H groups in total. The molecule has 3 aliphatic rings. The highest BCUT2D eigenvalue weighted by Gasteiger charge is 2.51. The van der Waals surface area contributed by atoms with E-state index in [1.807, 2.05) is 24.4 Å². The molecule has 3 heterocycles. The van der Waals surface area contributed by atoms with Gasteiger partial charge in [-0.15, -0.1) is 0 Å². The molecule has 0 saturated carbocycles. The van der Waals surface area contributed by atoms with Crippen LogP contribution in [0.2, 0.25) is 0 Å². The Labute approximate surface area is 326 Å². The van der Waals surface area contributed by atoms with Gasteiger partial charge in [-0.2, -0.15) is 0 Å². The Kier molecular flexibility index (Phi) is 7.42. The Balaban J connectivity index is 0.983. The minimum atomic E-state index is -0.557. The number of nitrogens with one attached hydrogen (secondary N) is 1. The third-order valence-corrected chi connectivity index (χ3v) is 11.5. The maximum absolute atomic E-state index is 6.53. The average Bonchev–Trinajstić information content (AvgIpc) is 3.57. The lowest BCUT2D eigenvalue weighted by Crippen LogP contribution is -2.32. The van der Waals surface area contributed by atoms with Crippen LogP contribution < -0.4 is 10.1 Å². The van der Waals surface area contributed by atoms with Crippen LogP contribution in [-0.2, 0) is 5.41 Å². The van der Waals surface area contributed by atoms with Crippen molar-refractivity contribution in [3.8, 4) is 45.0 Å². The molecule has 1 aliphatic carbocycles. The summed E-state index contributed by atoms with van der Waals surface area (Å²) in [4.78, 5) is 10.2. The van der Waals surface area contributed by atoms with Gasteiger partial charge >= 0.3 is 0 Å². The Hall–Kier alpha value is -7.30. The molecule has 56 heavy (non-hydrogen) atoms. The van der Waals surface area contributed by atoms with Crippen molar-refractivity contribution in [1.82, 2.24) is 10.3 Å². The van der Waals surface area contributed by atoms with Gasteiger partial charge in [-0.25, -0.2) is 0 Å². The fraction of sp³-hybridized carbons (Fsp3) is 0.0385. The molecule has 264 valence electrons. The van der Waals surface area contributed by atoms with Crippen molar-refractivity contribution >= 4 is 11.5 Å². The number of aromatic nitrogens is 1. The Morgan fingerprint density at radius 2 is 1.02 bits per heavy atom. The molecule has 11 rings (SSSR count). The molecular formula is C52H35N3O. The van der Waals surface area contributed by atoms with E-state index >= 15 is 0 Å². The zero-order chi connectivity index (χ0) is 37.1. The fourth-order valence-electron chi connectivity index (χ4n) is 8.85. The normalized spacial score (nSPS) is 15.6. The van der Waals surface area contributed by atoms with Gasteiger partial charge in [0.2, 0.25) is 0 Å². The summed E-state index contributed by atoms with van der Waals surface area (Å²) in [6, 6.07) is 66.5. The second kappa shape index (κ2) is 12.9. The van der Waals surface area contributed by atoms with E-state index < -0.39 is 5.41 Å². The number of fused-ring (bicyclic) bond motifs is 9. The number of aliphatic imine (C=N–C) groups is 1. The highest BCUT2D eigenvalue weighted by Crippen LogP contribution is 2.61. The zero-order valence-corrected chi connectivity index (χ0v) is 30.4. The molecule has 1 unspecified atom stereocenters. The smallest absolute Gasteiger partial charge is 0.133 e. The van der Waals surface area contributed by atoms with E-state index in [4.69, 9.17) is 14.7 Å². The van der Waals surface area contributed by atoms with Gasteiger partial charge in [-0.3, -0.25) is 9.98 Å². The SMILES string of the molecule is C1=C(c2ccc(-c3ccc4c(c3)C3(c5ccccc5Oc5ccccc53)c3cccnc3-4)cc2)NC(c2ccccc2)=NC1c1ccc(-c2ccccc2)cc1. The van der Waals surface area contributed by atoms with Crippen molar-refractivity contribution in [3.63, 3.8) is 0 Å². The second-order valence-electron chi connectivity index (χ2n) is 14.6. The molecule has 0 radical (unpaired) electrons. The topological polar surface area (TPSA) is 46.5 Å². The quantitative estimate of drug-likeness (QED) is 0.193. The number of rotatable bonds is 5. The van der Waals surface area contributed by atoms with Crippen LogP contribution in [0.3, 0.4) is 0 Å². The van der Waals surface area contributed by atoms with Crippen LogP contribution in [0.25, 0.3) is 39.2 Å². The summed E-state index contributed by atoms with van der Waals surface area (Å²) in [5.41, 5.74) is 15.3. The van der Waals surface area contributed by atoms with Crippen molar-refractivity contribution < 1.29 is 4.74 Å². The van der Waals surface area contributed by atoms with Crippen LogP contribution in [0.1, 0.15) is 45.0 Å². The van der Waals surface area contributed by atoms with Crippen LogP contribution in [0.4, 0.5) is 0 Å². The summed E-state index contributed by atoms with van der Waals surface area (Å²) >= 11 is 0. The van der Waals surface area contributed by atoms with Gasteiger partial charge in [0.25, 0.3) is 0 Å². The second-order valence-corrected chi connectivity index (χ2v) is 14.6. The monoisotopic (exact) mass is 717 g/mol. The molecule has 0 bridgehead atoms. The van der Waals surface area contributed by atoms with Gasteiger partial charge < -0.3 is 10.1 Å². The average molecular weight is 718 g/mol. The summed E-state index contributed by atoms with van der Waals surface area (Å²) in [6.45, 7) is 0. The van der Waals surface area contributed by atoms with E-state index in [9.17, 15) is 0 Å². The largest absolute Gasteiger partial charge is 0.457 e. The van der Waals surface area contributed by atoms with Gasteiger partial charge in [-0.05, 0) is 74.8 Å². The maximum atomic E-state index is 6.53. The van der Waals surface area contributed by atoms with Crippen LogP contribution in [0.5, 0.6) is 11.5 Å². The van der Waals surface area contributed by atoms with Gasteiger partial charge in [0.15, 0.2) is 0 Å². The molecule has 0 fully saturated rings. The summed E-state index contributed by atoms with van der Waals surface area (Å²) in [5.74, 6) is 2.61. The maximum Gasteiger partial charge on any atom is 0.133 e. The number of hydrogen-bond donors (Lipinski definition) is 1. The lowest BCUT2D eigenvalue weighted by atomic mass is 9.66. The van der Waals surface area contributed by atoms with Crippen LogP contribution >= 0.6 is 0 Å².